The second kappa shape index (κ2) is 6.45. The summed E-state index contributed by atoms with van der Waals surface area (Å²) < 4.78 is 36.0. The zero-order valence-corrected chi connectivity index (χ0v) is 15.1. The van der Waals surface area contributed by atoms with Gasteiger partial charge in [0, 0.05) is 22.3 Å². The number of nitrogens with zero attached hydrogens (tertiary/aromatic N) is 4. The molecule has 3 aromatic rings. The molecular weight excluding hydrogens is 382 g/mol. The van der Waals surface area contributed by atoms with Gasteiger partial charge in [0.1, 0.15) is 28.7 Å². The molecule has 0 bridgehead atoms. The highest BCUT2D eigenvalue weighted by Crippen LogP contribution is 2.41. The summed E-state index contributed by atoms with van der Waals surface area (Å²) in [6.07, 6.45) is 1.48. The summed E-state index contributed by atoms with van der Waals surface area (Å²) in [7, 11) is 0. The Hall–Kier alpha value is -3.75. The van der Waals surface area contributed by atoms with Gasteiger partial charge in [-0.15, -0.1) is 0 Å². The molecule has 4 rings (SSSR count). The fourth-order valence-corrected chi connectivity index (χ4v) is 3.80. The minimum absolute atomic E-state index is 0.0104. The fourth-order valence-electron chi connectivity index (χ4n) is 3.17. The predicted molar refractivity (Wildman–Crippen MR) is 99.0 cm³/mol. The summed E-state index contributed by atoms with van der Waals surface area (Å²) >= 11 is 1.02. The van der Waals surface area contributed by atoms with Gasteiger partial charge in [0.15, 0.2) is 17.4 Å². The van der Waals surface area contributed by atoms with Crippen LogP contribution in [0.25, 0.3) is 22.7 Å². The molecular formula is C20H8F2N4OS. The zero-order valence-electron chi connectivity index (χ0n) is 14.2. The number of rotatable bonds is 1. The molecule has 2 aromatic carbocycles. The number of halogens is 2. The number of ketones is 1. The summed E-state index contributed by atoms with van der Waals surface area (Å²) in [4.78, 5) is 12.9. The van der Waals surface area contributed by atoms with Crippen molar-refractivity contribution < 1.29 is 13.6 Å². The number of hydrogen-bond acceptors (Lipinski definition) is 6. The first-order valence-corrected chi connectivity index (χ1v) is 8.71. The average Bonchev–Trinajstić information content (AvgIpc) is 3.26. The SMILES string of the molecule is Cc1ccc(/C=C2\C(=O)c3cc(F)c(F)cc3C2=C(C#N)C#N)c2nsnc12. The van der Waals surface area contributed by atoms with E-state index < -0.39 is 17.4 Å². The largest absolute Gasteiger partial charge is 0.289 e. The lowest BCUT2D eigenvalue weighted by atomic mass is 9.97. The molecule has 0 N–H and O–H groups in total. The van der Waals surface area contributed by atoms with Crippen LogP contribution in [0, 0.1) is 41.2 Å². The first kappa shape index (κ1) is 17.7. The molecule has 0 spiro atoms. The molecule has 0 unspecified atom stereocenters. The van der Waals surface area contributed by atoms with Crippen LogP contribution in [-0.4, -0.2) is 14.5 Å². The zero-order chi connectivity index (χ0) is 20.0. The predicted octanol–water partition coefficient (Wildman–Crippen LogP) is 4.36. The summed E-state index contributed by atoms with van der Waals surface area (Å²) in [5.74, 6) is -2.93. The molecule has 1 aromatic heterocycles. The molecule has 0 radical (unpaired) electrons. The number of Topliss-reactive ketones (excluding diaryl/α,β-unsaturated/α-hetero) is 1. The second-order valence-electron chi connectivity index (χ2n) is 6.11. The molecule has 0 saturated heterocycles. The van der Waals surface area contributed by atoms with Crippen molar-refractivity contribution in [2.75, 3.05) is 0 Å². The van der Waals surface area contributed by atoms with Gasteiger partial charge in [0.05, 0.1) is 11.7 Å². The molecule has 0 saturated carbocycles. The van der Waals surface area contributed by atoms with Crippen LogP contribution in [-0.2, 0) is 0 Å². The van der Waals surface area contributed by atoms with E-state index in [9.17, 15) is 24.1 Å². The van der Waals surface area contributed by atoms with E-state index in [0.717, 1.165) is 29.4 Å². The number of allylic oxidation sites excluding steroid dienone is 3. The fraction of sp³-hybridized carbons (Fsp3) is 0.0500. The maximum atomic E-state index is 13.8. The number of aryl methyl sites for hydroxylation is 1. The number of carbonyl (C=O) groups excluding carboxylic acids is 1. The van der Waals surface area contributed by atoms with Gasteiger partial charge < -0.3 is 0 Å². The van der Waals surface area contributed by atoms with Gasteiger partial charge in [0.25, 0.3) is 0 Å². The number of carbonyl (C=O) groups is 1. The van der Waals surface area contributed by atoms with E-state index in [2.05, 4.69) is 8.75 Å². The third-order valence-electron chi connectivity index (χ3n) is 4.51. The average molecular weight is 390 g/mol. The Morgan fingerprint density at radius 2 is 1.71 bits per heavy atom. The van der Waals surface area contributed by atoms with Crippen LogP contribution in [0.5, 0.6) is 0 Å². The number of benzene rings is 2. The molecule has 5 nitrogen and oxygen atoms in total. The van der Waals surface area contributed by atoms with Crippen molar-refractivity contribution in [3.05, 3.63) is 69.3 Å². The second-order valence-corrected chi connectivity index (χ2v) is 6.63. The summed E-state index contributed by atoms with van der Waals surface area (Å²) in [5.41, 5.74) is 2.26. The number of hydrogen-bond donors (Lipinski definition) is 0. The Kier molecular flexibility index (Phi) is 4.07. The van der Waals surface area contributed by atoms with Crippen LogP contribution in [0.3, 0.4) is 0 Å². The third kappa shape index (κ3) is 2.51. The van der Waals surface area contributed by atoms with Crippen molar-refractivity contribution in [2.24, 2.45) is 0 Å². The Morgan fingerprint density at radius 1 is 1.07 bits per heavy atom. The van der Waals surface area contributed by atoms with E-state index in [4.69, 9.17) is 0 Å². The number of nitriles is 2. The molecule has 28 heavy (non-hydrogen) atoms. The lowest BCUT2D eigenvalue weighted by Crippen LogP contribution is -1.97. The summed E-state index contributed by atoms with van der Waals surface area (Å²) in [6.45, 7) is 1.87. The van der Waals surface area contributed by atoms with Gasteiger partial charge in [0.2, 0.25) is 0 Å². The quantitative estimate of drug-likeness (QED) is 0.455. The van der Waals surface area contributed by atoms with Gasteiger partial charge in [-0.3, -0.25) is 4.79 Å². The van der Waals surface area contributed by atoms with Crippen LogP contribution in [0.15, 0.2) is 35.4 Å². The normalized spacial score (nSPS) is 14.2. The highest BCUT2D eigenvalue weighted by molar-refractivity contribution is 7.00. The molecule has 0 atom stereocenters. The van der Waals surface area contributed by atoms with E-state index in [0.29, 0.717) is 16.6 Å². The van der Waals surface area contributed by atoms with Gasteiger partial charge in [-0.1, -0.05) is 12.1 Å². The van der Waals surface area contributed by atoms with E-state index in [1.165, 1.54) is 6.08 Å². The van der Waals surface area contributed by atoms with Crippen LogP contribution in [0.4, 0.5) is 8.78 Å². The van der Waals surface area contributed by atoms with E-state index in [1.54, 1.807) is 24.3 Å². The molecule has 134 valence electrons. The Bertz CT molecular complexity index is 1320. The van der Waals surface area contributed by atoms with Gasteiger partial charge in [-0.05, 0) is 36.3 Å². The van der Waals surface area contributed by atoms with E-state index in [-0.39, 0.29) is 27.8 Å². The topological polar surface area (TPSA) is 90.4 Å². The molecule has 0 fully saturated rings. The maximum absolute atomic E-state index is 13.8. The summed E-state index contributed by atoms with van der Waals surface area (Å²) in [6, 6.07) is 8.62. The van der Waals surface area contributed by atoms with Crippen LogP contribution in [0.2, 0.25) is 0 Å². The highest BCUT2D eigenvalue weighted by Gasteiger charge is 2.34. The monoisotopic (exact) mass is 390 g/mol. The van der Waals surface area contributed by atoms with Crippen LogP contribution >= 0.6 is 11.7 Å². The summed E-state index contributed by atoms with van der Waals surface area (Å²) in [5, 5.41) is 18.6. The van der Waals surface area contributed by atoms with E-state index in [1.807, 2.05) is 6.92 Å². The molecule has 1 heterocycles. The van der Waals surface area contributed by atoms with Gasteiger partial charge in [-0.2, -0.15) is 19.3 Å². The van der Waals surface area contributed by atoms with Crippen molar-refractivity contribution in [1.29, 1.82) is 10.5 Å². The maximum Gasteiger partial charge on any atom is 0.194 e. The minimum Gasteiger partial charge on any atom is -0.289 e. The standard InChI is InChI=1S/C20H8F2N4OS/c1-9-2-3-10(19-18(9)25-28-26-19)4-14-17(11(7-23)8-24)12-5-15(21)16(22)6-13(12)20(14)27/h2-6H,1H3/b14-4-. The Labute approximate surface area is 161 Å². The molecule has 0 amide bonds. The van der Waals surface area contributed by atoms with Gasteiger partial charge in [-0.25, -0.2) is 8.78 Å². The Morgan fingerprint density at radius 3 is 2.39 bits per heavy atom. The third-order valence-corrected chi connectivity index (χ3v) is 5.04. The molecule has 0 aliphatic heterocycles. The number of fused-ring (bicyclic) bond motifs is 2. The van der Waals surface area contributed by atoms with Crippen molar-refractivity contribution >= 4 is 40.2 Å². The van der Waals surface area contributed by atoms with E-state index >= 15 is 0 Å². The van der Waals surface area contributed by atoms with Gasteiger partial charge >= 0.3 is 0 Å². The lowest BCUT2D eigenvalue weighted by molar-refractivity contribution is 0.104. The number of aromatic nitrogens is 2. The van der Waals surface area contributed by atoms with Crippen molar-refractivity contribution in [3.8, 4) is 12.1 Å². The van der Waals surface area contributed by atoms with Crippen molar-refractivity contribution in [1.82, 2.24) is 8.75 Å². The first-order chi connectivity index (χ1) is 13.5. The first-order valence-electron chi connectivity index (χ1n) is 7.98. The smallest absolute Gasteiger partial charge is 0.194 e. The Balaban J connectivity index is 2.04. The van der Waals surface area contributed by atoms with Crippen molar-refractivity contribution in [2.45, 2.75) is 6.92 Å². The lowest BCUT2D eigenvalue weighted by Gasteiger charge is -2.04. The molecule has 1 aliphatic rings. The molecule has 1 aliphatic carbocycles. The van der Waals surface area contributed by atoms with Crippen LogP contribution in [0.1, 0.15) is 27.0 Å². The minimum atomic E-state index is -1.18. The highest BCUT2D eigenvalue weighted by atomic mass is 32.1. The van der Waals surface area contributed by atoms with Crippen molar-refractivity contribution in [3.63, 3.8) is 0 Å². The van der Waals surface area contributed by atoms with Crippen LogP contribution < -0.4 is 0 Å². The molecule has 8 heteroatoms.